The first-order valence-electron chi connectivity index (χ1n) is 6.00. The number of carboxylic acids is 1. The Morgan fingerprint density at radius 1 is 1.30 bits per heavy atom. The van der Waals surface area contributed by atoms with Gasteiger partial charge < -0.3 is 10.4 Å². The number of benzene rings is 1. The minimum Gasteiger partial charge on any atom is -0.480 e. The lowest BCUT2D eigenvalue weighted by Crippen LogP contribution is -2.29. The van der Waals surface area contributed by atoms with E-state index in [4.69, 9.17) is 5.11 Å². The lowest BCUT2D eigenvalue weighted by Gasteiger charge is -2.17. The molecule has 1 rings (SSSR count). The third-order valence-electron chi connectivity index (χ3n) is 2.63. The van der Waals surface area contributed by atoms with Crippen molar-refractivity contribution in [2.24, 2.45) is 0 Å². The van der Waals surface area contributed by atoms with E-state index in [0.29, 0.717) is 11.3 Å². The van der Waals surface area contributed by atoms with Crippen LogP contribution in [0.2, 0.25) is 0 Å². The molecule has 0 aromatic heterocycles. The first-order valence-corrected chi connectivity index (χ1v) is 6.99. The Morgan fingerprint density at radius 2 is 1.95 bits per heavy atom. The summed E-state index contributed by atoms with van der Waals surface area (Å²) >= 11 is 1.05. The molecule has 108 valence electrons. The summed E-state index contributed by atoms with van der Waals surface area (Å²) in [5, 5.41) is 11.6. The van der Waals surface area contributed by atoms with Crippen LogP contribution in [0.1, 0.15) is 31.1 Å². The van der Waals surface area contributed by atoms with E-state index in [-0.39, 0.29) is 17.4 Å². The lowest BCUT2D eigenvalue weighted by atomic mass is 10.1. The van der Waals surface area contributed by atoms with E-state index in [1.54, 1.807) is 38.1 Å². The molecular formula is C14H17NO4S. The molecule has 0 radical (unpaired) electrons. The fourth-order valence-electron chi connectivity index (χ4n) is 1.32. The normalized spacial score (nSPS) is 10.9. The van der Waals surface area contributed by atoms with E-state index in [1.807, 2.05) is 0 Å². The summed E-state index contributed by atoms with van der Waals surface area (Å²) in [5.74, 6) is -1.31. The Balaban J connectivity index is 2.61. The van der Waals surface area contributed by atoms with Crippen LogP contribution in [-0.2, 0) is 9.59 Å². The first kappa shape index (κ1) is 16.2. The van der Waals surface area contributed by atoms with E-state index in [9.17, 15) is 14.4 Å². The molecule has 0 aliphatic rings. The summed E-state index contributed by atoms with van der Waals surface area (Å²) in [5.41, 5.74) is 1.04. The molecule has 20 heavy (non-hydrogen) atoms. The molecule has 5 nitrogen and oxygen atoms in total. The van der Waals surface area contributed by atoms with Crippen LogP contribution < -0.4 is 5.32 Å². The molecule has 2 N–H and O–H groups in total. The third-order valence-corrected chi connectivity index (χ3v) is 3.93. The quantitative estimate of drug-likeness (QED) is 0.787. The highest BCUT2D eigenvalue weighted by Gasteiger charge is 2.28. The number of Topliss-reactive ketones (excluding diaryl/α,β-unsaturated/α-hetero) is 1. The van der Waals surface area contributed by atoms with Crippen LogP contribution in [0.15, 0.2) is 24.3 Å². The Morgan fingerprint density at radius 3 is 2.50 bits per heavy atom. The Kier molecular flexibility index (Phi) is 5.33. The Labute approximate surface area is 121 Å². The molecule has 0 spiro atoms. The number of carboxylic acid groups (broad SMARTS) is 1. The van der Waals surface area contributed by atoms with Gasteiger partial charge >= 0.3 is 5.97 Å². The number of ketones is 1. The van der Waals surface area contributed by atoms with Crippen molar-refractivity contribution in [2.45, 2.75) is 25.5 Å². The van der Waals surface area contributed by atoms with E-state index in [1.165, 1.54) is 6.92 Å². The van der Waals surface area contributed by atoms with E-state index >= 15 is 0 Å². The van der Waals surface area contributed by atoms with Crippen molar-refractivity contribution in [3.8, 4) is 0 Å². The van der Waals surface area contributed by atoms with Crippen molar-refractivity contribution in [3.63, 3.8) is 0 Å². The van der Waals surface area contributed by atoms with Gasteiger partial charge in [0.2, 0.25) is 5.91 Å². The minimum atomic E-state index is -1.02. The first-order chi connectivity index (χ1) is 9.22. The maximum atomic E-state index is 11.8. The smallest absolute Gasteiger partial charge is 0.319 e. The van der Waals surface area contributed by atoms with Crippen molar-refractivity contribution >= 4 is 35.1 Å². The van der Waals surface area contributed by atoms with Crippen LogP contribution in [-0.4, -0.2) is 33.3 Å². The van der Waals surface area contributed by atoms with Crippen LogP contribution in [0.4, 0.5) is 5.69 Å². The maximum Gasteiger partial charge on any atom is 0.319 e. The van der Waals surface area contributed by atoms with Gasteiger partial charge in [-0.15, -0.1) is 11.8 Å². The van der Waals surface area contributed by atoms with Crippen molar-refractivity contribution < 1.29 is 19.5 Å². The van der Waals surface area contributed by atoms with Crippen LogP contribution in [0.3, 0.4) is 0 Å². The highest BCUT2D eigenvalue weighted by atomic mass is 32.2. The molecule has 0 saturated carbocycles. The van der Waals surface area contributed by atoms with Gasteiger partial charge in [-0.3, -0.25) is 14.4 Å². The molecule has 0 atom stereocenters. The number of amides is 1. The molecule has 0 bridgehead atoms. The average molecular weight is 295 g/mol. The van der Waals surface area contributed by atoms with Crippen LogP contribution in [0, 0.1) is 0 Å². The zero-order valence-electron chi connectivity index (χ0n) is 11.6. The number of thioether (sulfide) groups is 1. The second kappa shape index (κ2) is 6.56. The van der Waals surface area contributed by atoms with Gasteiger partial charge in [0.05, 0.1) is 5.75 Å². The van der Waals surface area contributed by atoms with E-state index < -0.39 is 10.7 Å². The number of carbonyl (C=O) groups excluding carboxylic acids is 2. The summed E-state index contributed by atoms with van der Waals surface area (Å²) in [6.45, 7) is 4.54. The van der Waals surface area contributed by atoms with Gasteiger partial charge in [0, 0.05) is 11.3 Å². The van der Waals surface area contributed by atoms with Gasteiger partial charge in [-0.2, -0.15) is 0 Å². The number of carbonyl (C=O) groups is 3. The fourth-order valence-corrected chi connectivity index (χ4v) is 2.01. The SMILES string of the molecule is CC(=O)c1cccc(NC(=O)CSC(C)(C)C(=O)O)c1. The number of aliphatic carboxylic acids is 1. The molecule has 0 fully saturated rings. The molecule has 6 heteroatoms. The van der Waals surface area contributed by atoms with Crippen molar-refractivity contribution in [3.05, 3.63) is 29.8 Å². The predicted octanol–water partition coefficient (Wildman–Crippen LogP) is 2.42. The summed E-state index contributed by atoms with van der Waals surface area (Å²) < 4.78 is -1.02. The molecule has 1 aromatic carbocycles. The molecule has 0 heterocycles. The standard InChI is InChI=1S/C14H17NO4S/c1-9(16)10-5-4-6-11(7-10)15-12(17)8-20-14(2,3)13(18)19/h4-7H,8H2,1-3H3,(H,15,17)(H,18,19). The highest BCUT2D eigenvalue weighted by Crippen LogP contribution is 2.24. The second-order valence-electron chi connectivity index (χ2n) is 4.79. The Bertz CT molecular complexity index is 540. The van der Waals surface area contributed by atoms with Crippen molar-refractivity contribution in [2.75, 3.05) is 11.1 Å². The molecule has 1 aromatic rings. The predicted molar refractivity (Wildman–Crippen MR) is 79.2 cm³/mol. The summed E-state index contributed by atoms with van der Waals surface area (Å²) in [6, 6.07) is 6.62. The average Bonchev–Trinajstić information content (AvgIpc) is 2.36. The molecule has 0 unspecified atom stereocenters. The number of anilines is 1. The van der Waals surface area contributed by atoms with Crippen LogP contribution in [0.5, 0.6) is 0 Å². The summed E-state index contributed by atoms with van der Waals surface area (Å²) in [7, 11) is 0. The molecule has 0 aliphatic carbocycles. The molecule has 0 saturated heterocycles. The zero-order chi connectivity index (χ0) is 15.3. The van der Waals surface area contributed by atoms with Gasteiger partial charge in [0.1, 0.15) is 4.75 Å². The zero-order valence-corrected chi connectivity index (χ0v) is 12.4. The number of rotatable bonds is 6. The van der Waals surface area contributed by atoms with Gasteiger partial charge in [0.15, 0.2) is 5.78 Å². The van der Waals surface area contributed by atoms with E-state index in [0.717, 1.165) is 11.8 Å². The number of hydrogen-bond acceptors (Lipinski definition) is 4. The highest BCUT2D eigenvalue weighted by molar-refractivity contribution is 8.02. The molecule has 0 aliphatic heterocycles. The van der Waals surface area contributed by atoms with Crippen molar-refractivity contribution in [1.29, 1.82) is 0 Å². The second-order valence-corrected chi connectivity index (χ2v) is 6.39. The van der Waals surface area contributed by atoms with Crippen molar-refractivity contribution in [1.82, 2.24) is 0 Å². The number of nitrogens with one attached hydrogen (secondary N) is 1. The van der Waals surface area contributed by atoms with Crippen LogP contribution in [0.25, 0.3) is 0 Å². The summed E-state index contributed by atoms with van der Waals surface area (Å²) in [4.78, 5) is 33.9. The van der Waals surface area contributed by atoms with Crippen LogP contribution >= 0.6 is 11.8 Å². The van der Waals surface area contributed by atoms with E-state index in [2.05, 4.69) is 5.32 Å². The topological polar surface area (TPSA) is 83.5 Å². The molecule has 1 amide bonds. The van der Waals surface area contributed by atoms with Gasteiger partial charge in [-0.1, -0.05) is 12.1 Å². The minimum absolute atomic E-state index is 0.0313. The largest absolute Gasteiger partial charge is 0.480 e. The monoisotopic (exact) mass is 295 g/mol. The Hall–Kier alpha value is -1.82. The fraction of sp³-hybridized carbons (Fsp3) is 0.357. The van der Waals surface area contributed by atoms with Gasteiger partial charge in [-0.05, 0) is 32.9 Å². The maximum absolute atomic E-state index is 11.8. The van der Waals surface area contributed by atoms with Gasteiger partial charge in [-0.25, -0.2) is 0 Å². The van der Waals surface area contributed by atoms with Gasteiger partial charge in [0.25, 0.3) is 0 Å². The summed E-state index contributed by atoms with van der Waals surface area (Å²) in [6.07, 6.45) is 0. The molecular weight excluding hydrogens is 278 g/mol. The third kappa shape index (κ3) is 4.70. The number of hydrogen-bond donors (Lipinski definition) is 2. The lowest BCUT2D eigenvalue weighted by molar-refractivity contribution is -0.138.